The third-order valence-corrected chi connectivity index (χ3v) is 3.04. The number of carbonyl (C=O) groups excluding carboxylic acids is 1. The zero-order valence-electron chi connectivity index (χ0n) is 11.8. The van der Waals surface area contributed by atoms with Crippen LogP contribution in [-0.4, -0.2) is 21.6 Å². The first-order valence-corrected chi connectivity index (χ1v) is 6.88. The molecular weight excluding hydrogens is 292 g/mol. The number of ether oxygens (including phenoxy) is 1. The Morgan fingerprint density at radius 3 is 2.81 bits per heavy atom. The van der Waals surface area contributed by atoms with Gasteiger partial charge in [-0.1, -0.05) is 12.1 Å². The summed E-state index contributed by atoms with van der Waals surface area (Å²) in [6, 6.07) is 8.98. The van der Waals surface area contributed by atoms with Crippen LogP contribution < -0.4 is 10.3 Å². The Hall–Kier alpha value is -2.14. The van der Waals surface area contributed by atoms with Crippen LogP contribution in [0, 0.1) is 0 Å². The first-order chi connectivity index (χ1) is 10.0. The number of benzene rings is 1. The van der Waals surface area contributed by atoms with Crippen molar-refractivity contribution in [3.63, 3.8) is 0 Å². The molecule has 0 bridgehead atoms. The van der Waals surface area contributed by atoms with Crippen LogP contribution in [0.4, 0.5) is 0 Å². The largest absolute Gasteiger partial charge is 0.494 e. The van der Waals surface area contributed by atoms with Crippen LogP contribution >= 0.6 is 11.6 Å². The number of aryl methyl sites for hydroxylation is 1. The maximum atomic E-state index is 11.9. The minimum atomic E-state index is -0.577. The number of rotatable bonds is 5. The standard InChI is InChI=1S/C15H15ClN2O3/c1-3-21-12-6-4-5-10(7-12)13-8-11(9-14(16)19)15(20)18(2)17-13/h4-8H,3,9H2,1-2H3. The topological polar surface area (TPSA) is 61.2 Å². The van der Waals surface area contributed by atoms with Gasteiger partial charge in [0, 0.05) is 18.2 Å². The lowest BCUT2D eigenvalue weighted by Gasteiger charge is -2.08. The average molecular weight is 307 g/mol. The lowest BCUT2D eigenvalue weighted by Crippen LogP contribution is -2.24. The second kappa shape index (κ2) is 6.54. The molecule has 0 saturated heterocycles. The van der Waals surface area contributed by atoms with Gasteiger partial charge in [-0.15, -0.1) is 0 Å². The van der Waals surface area contributed by atoms with Crippen molar-refractivity contribution >= 4 is 16.8 Å². The molecule has 2 aromatic rings. The van der Waals surface area contributed by atoms with E-state index in [1.807, 2.05) is 31.2 Å². The van der Waals surface area contributed by atoms with Crippen molar-refractivity contribution < 1.29 is 9.53 Å². The lowest BCUT2D eigenvalue weighted by molar-refractivity contribution is -0.111. The summed E-state index contributed by atoms with van der Waals surface area (Å²) in [5.74, 6) is 0.723. The second-order valence-corrected chi connectivity index (χ2v) is 4.90. The molecule has 2 rings (SSSR count). The molecule has 0 atom stereocenters. The Bertz CT molecular complexity index is 725. The van der Waals surface area contributed by atoms with Crippen molar-refractivity contribution in [3.8, 4) is 17.0 Å². The summed E-state index contributed by atoms with van der Waals surface area (Å²) in [6.45, 7) is 2.47. The van der Waals surface area contributed by atoms with Gasteiger partial charge in [-0.3, -0.25) is 9.59 Å². The highest BCUT2D eigenvalue weighted by atomic mass is 35.5. The van der Waals surface area contributed by atoms with Crippen LogP contribution in [0.2, 0.25) is 0 Å². The lowest BCUT2D eigenvalue weighted by atomic mass is 10.1. The molecule has 0 aliphatic heterocycles. The molecule has 1 aromatic heterocycles. The van der Waals surface area contributed by atoms with E-state index in [0.717, 1.165) is 11.3 Å². The maximum Gasteiger partial charge on any atom is 0.270 e. The molecule has 0 saturated carbocycles. The average Bonchev–Trinajstić information content (AvgIpc) is 2.44. The van der Waals surface area contributed by atoms with Crippen molar-refractivity contribution in [2.24, 2.45) is 7.05 Å². The first kappa shape index (κ1) is 15.3. The van der Waals surface area contributed by atoms with Gasteiger partial charge in [-0.2, -0.15) is 5.10 Å². The van der Waals surface area contributed by atoms with Gasteiger partial charge < -0.3 is 4.74 Å². The van der Waals surface area contributed by atoms with Gasteiger partial charge in [-0.05, 0) is 36.7 Å². The number of hydrogen-bond donors (Lipinski definition) is 0. The van der Waals surface area contributed by atoms with E-state index in [-0.39, 0.29) is 12.0 Å². The van der Waals surface area contributed by atoms with Crippen LogP contribution in [-0.2, 0) is 18.3 Å². The maximum absolute atomic E-state index is 11.9. The monoisotopic (exact) mass is 306 g/mol. The van der Waals surface area contributed by atoms with Gasteiger partial charge in [0.2, 0.25) is 5.24 Å². The van der Waals surface area contributed by atoms with E-state index in [1.54, 1.807) is 13.1 Å². The zero-order chi connectivity index (χ0) is 15.4. The molecular formula is C15H15ClN2O3. The first-order valence-electron chi connectivity index (χ1n) is 6.50. The summed E-state index contributed by atoms with van der Waals surface area (Å²) < 4.78 is 6.65. The Morgan fingerprint density at radius 2 is 2.14 bits per heavy atom. The summed E-state index contributed by atoms with van der Waals surface area (Å²) in [5.41, 5.74) is 1.39. The molecule has 0 N–H and O–H groups in total. The zero-order valence-corrected chi connectivity index (χ0v) is 12.6. The fourth-order valence-electron chi connectivity index (χ4n) is 2.00. The smallest absolute Gasteiger partial charge is 0.270 e. The fourth-order valence-corrected chi connectivity index (χ4v) is 2.14. The minimum absolute atomic E-state index is 0.116. The number of halogens is 1. The van der Waals surface area contributed by atoms with Gasteiger partial charge in [0.15, 0.2) is 0 Å². The number of hydrogen-bond acceptors (Lipinski definition) is 4. The molecule has 0 aliphatic carbocycles. The predicted molar refractivity (Wildman–Crippen MR) is 80.6 cm³/mol. The van der Waals surface area contributed by atoms with Gasteiger partial charge in [-0.25, -0.2) is 4.68 Å². The molecule has 110 valence electrons. The van der Waals surface area contributed by atoms with Crippen molar-refractivity contribution in [2.75, 3.05) is 6.61 Å². The SMILES string of the molecule is CCOc1cccc(-c2cc(CC(=O)Cl)c(=O)n(C)n2)c1. The second-order valence-electron chi connectivity index (χ2n) is 4.48. The van der Waals surface area contributed by atoms with E-state index < -0.39 is 5.24 Å². The third kappa shape index (κ3) is 3.70. The highest BCUT2D eigenvalue weighted by Crippen LogP contribution is 2.22. The molecule has 21 heavy (non-hydrogen) atoms. The van der Waals surface area contributed by atoms with Crippen molar-refractivity contribution in [1.82, 2.24) is 9.78 Å². The molecule has 0 spiro atoms. The third-order valence-electron chi connectivity index (χ3n) is 2.91. The Balaban J connectivity index is 2.48. The van der Waals surface area contributed by atoms with Crippen LogP contribution in [0.25, 0.3) is 11.3 Å². The van der Waals surface area contributed by atoms with Gasteiger partial charge >= 0.3 is 0 Å². The fraction of sp³-hybridized carbons (Fsp3) is 0.267. The molecule has 5 nitrogen and oxygen atoms in total. The van der Waals surface area contributed by atoms with E-state index in [4.69, 9.17) is 16.3 Å². The normalized spacial score (nSPS) is 10.4. The van der Waals surface area contributed by atoms with Crippen molar-refractivity contribution in [3.05, 3.63) is 46.2 Å². The molecule has 0 unspecified atom stereocenters. The van der Waals surface area contributed by atoms with Crippen LogP contribution in [0.3, 0.4) is 0 Å². The van der Waals surface area contributed by atoms with Crippen LogP contribution in [0.1, 0.15) is 12.5 Å². The number of nitrogens with zero attached hydrogens (tertiary/aromatic N) is 2. The molecule has 6 heteroatoms. The van der Waals surface area contributed by atoms with E-state index >= 15 is 0 Å². The number of carbonyl (C=O) groups is 1. The summed E-state index contributed by atoms with van der Waals surface area (Å²) in [5, 5.41) is 3.63. The highest BCUT2D eigenvalue weighted by molar-refractivity contribution is 6.63. The number of aromatic nitrogens is 2. The summed E-state index contributed by atoms with van der Waals surface area (Å²) in [7, 11) is 1.54. The van der Waals surface area contributed by atoms with Gasteiger partial charge in [0.25, 0.3) is 5.56 Å². The summed E-state index contributed by atoms with van der Waals surface area (Å²) >= 11 is 5.37. The molecule has 0 aliphatic rings. The van der Waals surface area contributed by atoms with Gasteiger partial charge in [0.1, 0.15) is 5.75 Å². The summed E-state index contributed by atoms with van der Waals surface area (Å²) in [4.78, 5) is 23.0. The summed E-state index contributed by atoms with van der Waals surface area (Å²) in [6.07, 6.45) is -0.116. The van der Waals surface area contributed by atoms with Crippen LogP contribution in [0.15, 0.2) is 35.1 Å². The van der Waals surface area contributed by atoms with Crippen LogP contribution in [0.5, 0.6) is 5.75 Å². The predicted octanol–water partition coefficient (Wildman–Crippen LogP) is 2.15. The quantitative estimate of drug-likeness (QED) is 0.794. The van der Waals surface area contributed by atoms with E-state index in [9.17, 15) is 9.59 Å². The Morgan fingerprint density at radius 1 is 1.38 bits per heavy atom. The Labute approximate surface area is 127 Å². The Kier molecular flexibility index (Phi) is 4.75. The molecule has 0 amide bonds. The molecule has 1 aromatic carbocycles. The van der Waals surface area contributed by atoms with Crippen molar-refractivity contribution in [2.45, 2.75) is 13.3 Å². The van der Waals surface area contributed by atoms with Crippen molar-refractivity contribution in [1.29, 1.82) is 0 Å². The van der Waals surface area contributed by atoms with Gasteiger partial charge in [0.05, 0.1) is 18.7 Å². The minimum Gasteiger partial charge on any atom is -0.494 e. The van der Waals surface area contributed by atoms with E-state index in [0.29, 0.717) is 17.9 Å². The molecule has 0 fully saturated rings. The van der Waals surface area contributed by atoms with E-state index in [2.05, 4.69) is 5.10 Å². The van der Waals surface area contributed by atoms with E-state index in [1.165, 1.54) is 4.68 Å². The highest BCUT2D eigenvalue weighted by Gasteiger charge is 2.11. The molecule has 0 radical (unpaired) electrons. The molecule has 1 heterocycles.